The third-order valence-corrected chi connectivity index (χ3v) is 2.87. The van der Waals surface area contributed by atoms with E-state index < -0.39 is 0 Å². The van der Waals surface area contributed by atoms with Crippen LogP contribution in [0.3, 0.4) is 0 Å². The fraction of sp³-hybridized carbons (Fsp3) is 0.357. The first kappa shape index (κ1) is 15.0. The molecule has 0 unspecified atom stereocenters. The lowest BCUT2D eigenvalue weighted by Crippen LogP contribution is -2.28. The van der Waals surface area contributed by atoms with Gasteiger partial charge in [0.1, 0.15) is 5.75 Å². The number of anilines is 2. The molecule has 0 aliphatic rings. The molecule has 0 aliphatic carbocycles. The maximum atomic E-state index is 11.4. The predicted molar refractivity (Wildman–Crippen MR) is 78.9 cm³/mol. The molecule has 104 valence electrons. The third-order valence-electron chi connectivity index (χ3n) is 2.87. The van der Waals surface area contributed by atoms with E-state index in [1.54, 1.807) is 19.1 Å². The third kappa shape index (κ3) is 3.99. The van der Waals surface area contributed by atoms with Crippen LogP contribution >= 0.6 is 0 Å². The normalized spacial score (nSPS) is 10.1. The van der Waals surface area contributed by atoms with Crippen LogP contribution in [-0.2, 0) is 4.79 Å². The Hall–Kier alpha value is -2.01. The average Bonchev–Trinajstić information content (AvgIpc) is 2.39. The zero-order valence-electron chi connectivity index (χ0n) is 11.7. The Morgan fingerprint density at radius 3 is 2.79 bits per heavy atom. The van der Waals surface area contributed by atoms with Crippen LogP contribution < -0.4 is 15.5 Å². The van der Waals surface area contributed by atoms with Crippen LogP contribution in [0.4, 0.5) is 11.4 Å². The van der Waals surface area contributed by atoms with Crippen molar-refractivity contribution in [2.75, 3.05) is 37.4 Å². The molecule has 0 aliphatic heterocycles. The van der Waals surface area contributed by atoms with E-state index >= 15 is 0 Å². The first-order chi connectivity index (χ1) is 8.99. The second kappa shape index (κ2) is 6.80. The number of benzene rings is 1. The largest absolute Gasteiger partial charge is 0.508 e. The van der Waals surface area contributed by atoms with Crippen LogP contribution in [0, 0.1) is 6.92 Å². The van der Waals surface area contributed by atoms with Crippen LogP contribution in [0.2, 0.25) is 0 Å². The van der Waals surface area contributed by atoms with Crippen molar-refractivity contribution in [3.05, 3.63) is 30.4 Å². The minimum Gasteiger partial charge on any atom is -0.508 e. The average molecular weight is 263 g/mol. The lowest BCUT2D eigenvalue weighted by atomic mass is 10.1. The molecule has 0 aromatic heterocycles. The number of hydrogen-bond acceptors (Lipinski definition) is 4. The summed E-state index contributed by atoms with van der Waals surface area (Å²) < 4.78 is 0. The molecule has 0 radical (unpaired) electrons. The molecule has 5 nitrogen and oxygen atoms in total. The van der Waals surface area contributed by atoms with Gasteiger partial charge in [-0.1, -0.05) is 6.58 Å². The summed E-state index contributed by atoms with van der Waals surface area (Å²) in [6.07, 6.45) is 1.22. The SMILES string of the molecule is C=CC(=O)Nc1cc(C)c(O)cc1N(C)CCNC. The maximum Gasteiger partial charge on any atom is 0.247 e. The van der Waals surface area contributed by atoms with Gasteiger partial charge in [-0.05, 0) is 31.7 Å². The van der Waals surface area contributed by atoms with Crippen LogP contribution in [0.15, 0.2) is 24.8 Å². The Morgan fingerprint density at radius 1 is 1.53 bits per heavy atom. The van der Waals surface area contributed by atoms with E-state index in [9.17, 15) is 9.90 Å². The zero-order valence-corrected chi connectivity index (χ0v) is 11.7. The van der Waals surface area contributed by atoms with E-state index in [1.807, 2.05) is 19.0 Å². The monoisotopic (exact) mass is 263 g/mol. The molecule has 19 heavy (non-hydrogen) atoms. The van der Waals surface area contributed by atoms with Crippen LogP contribution in [0.25, 0.3) is 0 Å². The first-order valence-corrected chi connectivity index (χ1v) is 6.12. The van der Waals surface area contributed by atoms with E-state index in [0.29, 0.717) is 11.3 Å². The van der Waals surface area contributed by atoms with Gasteiger partial charge < -0.3 is 20.6 Å². The summed E-state index contributed by atoms with van der Waals surface area (Å²) in [4.78, 5) is 13.4. The van der Waals surface area contributed by atoms with Gasteiger partial charge in [0.05, 0.1) is 11.4 Å². The van der Waals surface area contributed by atoms with Gasteiger partial charge in [0.25, 0.3) is 0 Å². The van der Waals surface area contributed by atoms with Gasteiger partial charge in [-0.3, -0.25) is 4.79 Å². The highest BCUT2D eigenvalue weighted by atomic mass is 16.3. The van der Waals surface area contributed by atoms with Crippen molar-refractivity contribution in [2.45, 2.75) is 6.92 Å². The van der Waals surface area contributed by atoms with E-state index in [1.165, 1.54) is 6.08 Å². The fourth-order valence-corrected chi connectivity index (χ4v) is 1.69. The summed E-state index contributed by atoms with van der Waals surface area (Å²) >= 11 is 0. The number of carbonyl (C=O) groups excluding carboxylic acids is 1. The van der Waals surface area contributed by atoms with Gasteiger partial charge >= 0.3 is 0 Å². The Bertz CT molecular complexity index is 472. The molecular weight excluding hydrogens is 242 g/mol. The molecule has 1 aromatic rings. The number of rotatable bonds is 6. The molecule has 0 saturated heterocycles. The Kier molecular flexibility index (Phi) is 5.38. The van der Waals surface area contributed by atoms with Crippen molar-refractivity contribution in [3.63, 3.8) is 0 Å². The number of amides is 1. The molecule has 3 N–H and O–H groups in total. The van der Waals surface area contributed by atoms with Crippen molar-refractivity contribution >= 4 is 17.3 Å². The summed E-state index contributed by atoms with van der Waals surface area (Å²) in [5, 5.41) is 15.6. The molecule has 0 spiro atoms. The molecular formula is C14H21N3O2. The molecule has 0 heterocycles. The van der Waals surface area contributed by atoms with Crippen molar-refractivity contribution < 1.29 is 9.90 Å². The van der Waals surface area contributed by atoms with Gasteiger partial charge in [-0.15, -0.1) is 0 Å². The minimum absolute atomic E-state index is 0.211. The van der Waals surface area contributed by atoms with Gasteiger partial charge in [0.15, 0.2) is 0 Å². The molecule has 0 atom stereocenters. The van der Waals surface area contributed by atoms with E-state index in [4.69, 9.17) is 0 Å². The molecule has 0 fully saturated rings. The first-order valence-electron chi connectivity index (χ1n) is 6.12. The van der Waals surface area contributed by atoms with Crippen molar-refractivity contribution in [1.29, 1.82) is 0 Å². The standard InChI is InChI=1S/C14H21N3O2/c1-5-14(19)16-11-8-10(2)13(18)9-12(11)17(4)7-6-15-3/h5,8-9,15,18H,1,6-7H2,2-4H3,(H,16,19). The topological polar surface area (TPSA) is 64.6 Å². The number of phenolic OH excluding ortho intramolecular Hbond substituents is 1. The van der Waals surface area contributed by atoms with Gasteiger partial charge in [0, 0.05) is 26.2 Å². The number of hydrogen-bond donors (Lipinski definition) is 3. The van der Waals surface area contributed by atoms with Gasteiger partial charge in [-0.25, -0.2) is 0 Å². The van der Waals surface area contributed by atoms with Gasteiger partial charge in [-0.2, -0.15) is 0 Å². The Labute approximate surface area is 113 Å². The molecule has 0 bridgehead atoms. The number of nitrogens with one attached hydrogen (secondary N) is 2. The van der Waals surface area contributed by atoms with Crippen molar-refractivity contribution in [3.8, 4) is 5.75 Å². The van der Waals surface area contributed by atoms with E-state index in [-0.39, 0.29) is 11.7 Å². The highest BCUT2D eigenvalue weighted by molar-refractivity contribution is 6.01. The van der Waals surface area contributed by atoms with E-state index in [2.05, 4.69) is 17.2 Å². The maximum absolute atomic E-state index is 11.4. The summed E-state index contributed by atoms with van der Waals surface area (Å²) in [5.41, 5.74) is 2.15. The summed E-state index contributed by atoms with van der Waals surface area (Å²) in [7, 11) is 3.78. The minimum atomic E-state index is -0.270. The summed E-state index contributed by atoms with van der Waals surface area (Å²) in [6.45, 7) is 6.79. The van der Waals surface area contributed by atoms with Crippen molar-refractivity contribution in [1.82, 2.24) is 5.32 Å². The molecule has 1 rings (SSSR count). The van der Waals surface area contributed by atoms with E-state index in [0.717, 1.165) is 18.8 Å². The quantitative estimate of drug-likeness (QED) is 0.537. The number of likely N-dealkylation sites (N-methyl/N-ethyl adjacent to an activating group) is 2. The second-order valence-electron chi connectivity index (χ2n) is 4.37. The fourth-order valence-electron chi connectivity index (χ4n) is 1.69. The molecule has 1 amide bonds. The smallest absolute Gasteiger partial charge is 0.247 e. The highest BCUT2D eigenvalue weighted by Gasteiger charge is 2.12. The summed E-state index contributed by atoms with van der Waals surface area (Å²) in [5.74, 6) is -0.0590. The number of nitrogens with zero attached hydrogens (tertiary/aromatic N) is 1. The number of aryl methyl sites for hydroxylation is 1. The lowest BCUT2D eigenvalue weighted by molar-refractivity contribution is -0.111. The summed E-state index contributed by atoms with van der Waals surface area (Å²) in [6, 6.07) is 3.41. The molecule has 0 saturated carbocycles. The van der Waals surface area contributed by atoms with Crippen LogP contribution in [0.1, 0.15) is 5.56 Å². The van der Waals surface area contributed by atoms with Crippen LogP contribution in [-0.4, -0.2) is 38.2 Å². The van der Waals surface area contributed by atoms with Crippen LogP contribution in [0.5, 0.6) is 5.75 Å². The number of aromatic hydroxyl groups is 1. The highest BCUT2D eigenvalue weighted by Crippen LogP contribution is 2.32. The zero-order chi connectivity index (χ0) is 14.4. The number of carbonyl (C=O) groups is 1. The van der Waals surface area contributed by atoms with Crippen molar-refractivity contribution in [2.24, 2.45) is 0 Å². The lowest BCUT2D eigenvalue weighted by Gasteiger charge is -2.23. The Morgan fingerprint density at radius 2 is 2.21 bits per heavy atom. The Balaban J connectivity index is 3.08. The predicted octanol–water partition coefficient (Wildman–Crippen LogP) is 1.48. The molecule has 5 heteroatoms. The second-order valence-corrected chi connectivity index (χ2v) is 4.37. The number of phenols is 1. The van der Waals surface area contributed by atoms with Gasteiger partial charge in [0.2, 0.25) is 5.91 Å². The molecule has 1 aromatic carbocycles.